The van der Waals surface area contributed by atoms with E-state index in [-0.39, 0.29) is 5.92 Å². The number of hydrogen-bond donors (Lipinski definition) is 1. The van der Waals surface area contributed by atoms with Crippen LogP contribution in [0.1, 0.15) is 28.3 Å². The molecule has 4 aromatic rings. The molecule has 5 rings (SSSR count). The number of methoxy groups -OCH3 is 1. The molecule has 1 aliphatic rings. The minimum absolute atomic E-state index is 0.0743. The zero-order chi connectivity index (χ0) is 19.1. The van der Waals surface area contributed by atoms with Gasteiger partial charge in [-0.2, -0.15) is 0 Å². The predicted molar refractivity (Wildman–Crippen MR) is 113 cm³/mol. The van der Waals surface area contributed by atoms with Gasteiger partial charge in [0, 0.05) is 33.6 Å². The molecule has 3 heteroatoms. The molecule has 3 aromatic carbocycles. The number of aromatic nitrogens is 1. The van der Waals surface area contributed by atoms with Crippen molar-refractivity contribution in [1.82, 2.24) is 4.98 Å². The maximum atomic E-state index is 6.35. The molecule has 3 nitrogen and oxygen atoms in total. The second kappa shape index (κ2) is 6.61. The van der Waals surface area contributed by atoms with Crippen LogP contribution in [0.5, 0.6) is 11.5 Å². The highest BCUT2D eigenvalue weighted by molar-refractivity contribution is 5.87. The number of aromatic amines is 1. The molecular weight excluding hydrogens is 346 g/mol. The first kappa shape index (κ1) is 16.7. The number of H-pyrrole nitrogens is 1. The number of rotatable bonds is 3. The fourth-order valence-electron chi connectivity index (χ4n) is 4.13. The molecule has 0 radical (unpaired) electrons. The van der Waals surface area contributed by atoms with Crippen LogP contribution in [-0.2, 0) is 0 Å². The molecule has 0 bridgehead atoms. The summed E-state index contributed by atoms with van der Waals surface area (Å²) in [7, 11) is 1.69. The normalized spacial score (nSPS) is 15.6. The van der Waals surface area contributed by atoms with E-state index >= 15 is 0 Å². The Morgan fingerprint density at radius 1 is 0.893 bits per heavy atom. The lowest BCUT2D eigenvalue weighted by Crippen LogP contribution is -2.11. The molecule has 1 unspecified atom stereocenters. The standard InChI is InChI=1S/C25H21NO2/c1-16-24(19-11-6-7-13-21(19)26-16)20-15-23(17-9-4-3-5-10-17)28-25-18(20)12-8-14-22(25)27-2/h3-15,20,26H,1-2H3. The number of hydrogen-bond acceptors (Lipinski definition) is 2. The summed E-state index contributed by atoms with van der Waals surface area (Å²) in [6, 6.07) is 24.8. The molecule has 2 heterocycles. The summed E-state index contributed by atoms with van der Waals surface area (Å²) >= 11 is 0. The lowest BCUT2D eigenvalue weighted by molar-refractivity contribution is 0.380. The van der Waals surface area contributed by atoms with E-state index in [1.165, 1.54) is 16.6 Å². The van der Waals surface area contributed by atoms with Crippen LogP contribution in [0.25, 0.3) is 16.7 Å². The quantitative estimate of drug-likeness (QED) is 0.478. The summed E-state index contributed by atoms with van der Waals surface area (Å²) in [6.07, 6.45) is 2.22. The van der Waals surface area contributed by atoms with Gasteiger partial charge in [0.05, 0.1) is 7.11 Å². The Morgan fingerprint density at radius 2 is 1.68 bits per heavy atom. The number of allylic oxidation sites excluding steroid dienone is 1. The van der Waals surface area contributed by atoms with Crippen molar-refractivity contribution in [2.45, 2.75) is 12.8 Å². The van der Waals surface area contributed by atoms with Crippen molar-refractivity contribution >= 4 is 16.7 Å². The Labute approximate surface area is 164 Å². The molecule has 0 spiro atoms. The Morgan fingerprint density at radius 3 is 2.50 bits per heavy atom. The minimum Gasteiger partial charge on any atom is -0.493 e. The molecule has 0 fully saturated rings. The molecule has 0 saturated carbocycles. The Balaban J connectivity index is 1.77. The summed E-state index contributed by atoms with van der Waals surface area (Å²) in [4.78, 5) is 3.54. The SMILES string of the molecule is COc1cccc2c1OC(c1ccccc1)=CC2c1c(C)[nH]c2ccccc12. The zero-order valence-electron chi connectivity index (χ0n) is 15.9. The van der Waals surface area contributed by atoms with Crippen LogP contribution in [0.4, 0.5) is 0 Å². The van der Waals surface area contributed by atoms with E-state index in [4.69, 9.17) is 9.47 Å². The largest absolute Gasteiger partial charge is 0.493 e. The molecule has 1 aliphatic heterocycles. The van der Waals surface area contributed by atoms with Gasteiger partial charge in [0.2, 0.25) is 0 Å². The number of ether oxygens (including phenoxy) is 2. The van der Waals surface area contributed by atoms with Gasteiger partial charge in [-0.05, 0) is 30.7 Å². The molecule has 1 aromatic heterocycles. The first-order chi connectivity index (χ1) is 13.8. The van der Waals surface area contributed by atoms with Gasteiger partial charge in [0.15, 0.2) is 11.5 Å². The van der Waals surface area contributed by atoms with Gasteiger partial charge in [-0.1, -0.05) is 60.7 Å². The van der Waals surface area contributed by atoms with Crippen LogP contribution in [-0.4, -0.2) is 12.1 Å². The highest BCUT2D eigenvalue weighted by atomic mass is 16.5. The van der Waals surface area contributed by atoms with E-state index in [9.17, 15) is 0 Å². The van der Waals surface area contributed by atoms with Crippen molar-refractivity contribution in [3.8, 4) is 11.5 Å². The number of para-hydroxylation sites is 2. The van der Waals surface area contributed by atoms with Crippen molar-refractivity contribution in [3.05, 3.63) is 101 Å². The van der Waals surface area contributed by atoms with Gasteiger partial charge in [-0.25, -0.2) is 0 Å². The van der Waals surface area contributed by atoms with E-state index in [0.717, 1.165) is 33.9 Å². The maximum Gasteiger partial charge on any atom is 0.173 e. The number of aryl methyl sites for hydroxylation is 1. The van der Waals surface area contributed by atoms with Crippen LogP contribution >= 0.6 is 0 Å². The van der Waals surface area contributed by atoms with E-state index in [1.54, 1.807) is 7.11 Å². The first-order valence-electron chi connectivity index (χ1n) is 9.45. The third-order valence-electron chi connectivity index (χ3n) is 5.41. The van der Waals surface area contributed by atoms with E-state index in [1.807, 2.05) is 30.3 Å². The van der Waals surface area contributed by atoms with E-state index in [0.29, 0.717) is 0 Å². The zero-order valence-corrected chi connectivity index (χ0v) is 15.9. The fraction of sp³-hybridized carbons (Fsp3) is 0.120. The van der Waals surface area contributed by atoms with Gasteiger partial charge < -0.3 is 14.5 Å². The summed E-state index contributed by atoms with van der Waals surface area (Å²) in [5.41, 5.74) is 5.78. The van der Waals surface area contributed by atoms with Gasteiger partial charge >= 0.3 is 0 Å². The van der Waals surface area contributed by atoms with E-state index < -0.39 is 0 Å². The molecule has 0 saturated heterocycles. The highest BCUT2D eigenvalue weighted by Crippen LogP contribution is 2.47. The van der Waals surface area contributed by atoms with Crippen molar-refractivity contribution in [3.63, 3.8) is 0 Å². The van der Waals surface area contributed by atoms with Crippen LogP contribution in [0, 0.1) is 6.92 Å². The van der Waals surface area contributed by atoms with Crippen molar-refractivity contribution in [2.24, 2.45) is 0 Å². The third-order valence-corrected chi connectivity index (χ3v) is 5.41. The molecular formula is C25H21NO2. The Kier molecular flexibility index (Phi) is 3.94. The summed E-state index contributed by atoms with van der Waals surface area (Å²) in [6.45, 7) is 2.14. The maximum absolute atomic E-state index is 6.35. The van der Waals surface area contributed by atoms with E-state index in [2.05, 4.69) is 60.4 Å². The number of benzene rings is 3. The van der Waals surface area contributed by atoms with Crippen molar-refractivity contribution in [2.75, 3.05) is 7.11 Å². The minimum atomic E-state index is 0.0743. The number of nitrogens with one attached hydrogen (secondary N) is 1. The second-order valence-corrected chi connectivity index (χ2v) is 7.06. The van der Waals surface area contributed by atoms with Crippen molar-refractivity contribution < 1.29 is 9.47 Å². The topological polar surface area (TPSA) is 34.2 Å². The van der Waals surface area contributed by atoms with Crippen LogP contribution < -0.4 is 9.47 Å². The first-order valence-corrected chi connectivity index (χ1v) is 9.45. The average Bonchev–Trinajstić information content (AvgIpc) is 3.08. The monoisotopic (exact) mass is 367 g/mol. The van der Waals surface area contributed by atoms with Crippen molar-refractivity contribution in [1.29, 1.82) is 0 Å². The fourth-order valence-corrected chi connectivity index (χ4v) is 4.13. The van der Waals surface area contributed by atoms with Crippen LogP contribution in [0.2, 0.25) is 0 Å². The lowest BCUT2D eigenvalue weighted by atomic mass is 9.86. The highest BCUT2D eigenvalue weighted by Gasteiger charge is 2.29. The molecule has 1 N–H and O–H groups in total. The average molecular weight is 367 g/mol. The number of fused-ring (bicyclic) bond motifs is 2. The molecule has 0 amide bonds. The Bertz CT molecular complexity index is 1190. The summed E-state index contributed by atoms with van der Waals surface area (Å²) in [5, 5.41) is 1.24. The predicted octanol–water partition coefficient (Wildman–Crippen LogP) is 6.05. The second-order valence-electron chi connectivity index (χ2n) is 7.06. The molecule has 0 aliphatic carbocycles. The summed E-state index contributed by atoms with van der Waals surface area (Å²) < 4.78 is 12.0. The van der Waals surface area contributed by atoms with Gasteiger partial charge in [0.25, 0.3) is 0 Å². The third kappa shape index (κ3) is 2.59. The van der Waals surface area contributed by atoms with Gasteiger partial charge in [0.1, 0.15) is 5.76 Å². The molecule has 138 valence electrons. The molecule has 1 atom stereocenters. The Hall–Kier alpha value is -3.46. The van der Waals surface area contributed by atoms with Gasteiger partial charge in [-0.15, -0.1) is 0 Å². The van der Waals surface area contributed by atoms with Crippen LogP contribution in [0.15, 0.2) is 78.9 Å². The lowest BCUT2D eigenvalue weighted by Gasteiger charge is -2.27. The summed E-state index contributed by atoms with van der Waals surface area (Å²) in [5.74, 6) is 2.47. The molecule has 28 heavy (non-hydrogen) atoms. The smallest absolute Gasteiger partial charge is 0.173 e. The van der Waals surface area contributed by atoms with Gasteiger partial charge in [-0.3, -0.25) is 0 Å². The van der Waals surface area contributed by atoms with Crippen LogP contribution in [0.3, 0.4) is 0 Å².